The molecular formula is C34H31Cl2NZr. The Labute approximate surface area is 246 Å². The van der Waals surface area contributed by atoms with Crippen LogP contribution in [0.1, 0.15) is 39.2 Å². The van der Waals surface area contributed by atoms with Crippen LogP contribution in [0.4, 0.5) is 5.69 Å². The van der Waals surface area contributed by atoms with Crippen LogP contribution in [-0.2, 0) is 21.3 Å². The van der Waals surface area contributed by atoms with E-state index in [4.69, 9.17) is 0 Å². The summed E-state index contributed by atoms with van der Waals surface area (Å²) >= 11 is -2.59. The first-order valence-corrected chi connectivity index (χ1v) is 16.6. The van der Waals surface area contributed by atoms with E-state index >= 15 is 0 Å². The van der Waals surface area contributed by atoms with Crippen molar-refractivity contribution >= 4 is 8.89 Å². The van der Waals surface area contributed by atoms with E-state index in [0.717, 1.165) is 6.42 Å². The molecule has 0 aromatic heterocycles. The van der Waals surface area contributed by atoms with Crippen LogP contribution >= 0.6 is 0 Å². The number of rotatable bonds is 5. The Bertz CT molecular complexity index is 1490. The van der Waals surface area contributed by atoms with Crippen LogP contribution in [0.3, 0.4) is 0 Å². The van der Waals surface area contributed by atoms with Gasteiger partial charge in [0.05, 0.1) is 0 Å². The van der Waals surface area contributed by atoms with Crippen LogP contribution in [0, 0.1) is 0 Å². The van der Waals surface area contributed by atoms with Gasteiger partial charge in [-0.15, -0.1) is 0 Å². The second-order valence-corrected chi connectivity index (χ2v) is 16.3. The molecule has 1 atom stereocenters. The van der Waals surface area contributed by atoms with Gasteiger partial charge in [-0.05, 0) is 0 Å². The van der Waals surface area contributed by atoms with Crippen LogP contribution in [0.5, 0.6) is 0 Å². The summed E-state index contributed by atoms with van der Waals surface area (Å²) in [5, 5.41) is 0. The molecule has 0 bridgehead atoms. The third-order valence-corrected chi connectivity index (χ3v) is 15.7. The summed E-state index contributed by atoms with van der Waals surface area (Å²) in [5.41, 5.74) is 11.4. The molecule has 0 N–H and O–H groups in total. The smallest absolute Gasteiger partial charge is 1.00 e. The van der Waals surface area contributed by atoms with Crippen molar-refractivity contribution in [1.29, 1.82) is 0 Å². The van der Waals surface area contributed by atoms with Crippen molar-refractivity contribution in [2.24, 2.45) is 0 Å². The summed E-state index contributed by atoms with van der Waals surface area (Å²) in [6.07, 6.45) is 6.05. The Morgan fingerprint density at radius 2 is 1.29 bits per heavy atom. The van der Waals surface area contributed by atoms with Gasteiger partial charge >= 0.3 is 224 Å². The van der Waals surface area contributed by atoms with E-state index in [0.29, 0.717) is 3.63 Å². The van der Waals surface area contributed by atoms with Crippen LogP contribution in [0.25, 0.3) is 11.1 Å². The van der Waals surface area contributed by atoms with Crippen molar-refractivity contribution in [3.8, 4) is 11.1 Å². The fraction of sp³-hybridized carbons (Fsp3) is 0.147. The van der Waals surface area contributed by atoms with Gasteiger partial charge in [0.2, 0.25) is 0 Å². The Hall–Kier alpha value is -2.51. The fourth-order valence-electron chi connectivity index (χ4n) is 5.95. The van der Waals surface area contributed by atoms with E-state index < -0.39 is 21.3 Å². The van der Waals surface area contributed by atoms with Crippen molar-refractivity contribution in [2.75, 3.05) is 19.0 Å². The van der Waals surface area contributed by atoms with Gasteiger partial charge in [-0.2, -0.15) is 0 Å². The molecule has 1 nitrogen and oxygen atoms in total. The maximum atomic E-state index is 2.52. The SMILES string of the molecule is CC1=CC[C]([Zr+2](=[C](c2ccccc2)c2ccccc2)[CH]2c3ccccc3-c3c2cccc3N(C)C)=C1.[Cl-].[Cl-]. The zero-order chi connectivity index (χ0) is 24.6. The molecule has 0 amide bonds. The molecule has 4 aromatic carbocycles. The summed E-state index contributed by atoms with van der Waals surface area (Å²) in [6, 6.07) is 38.6. The van der Waals surface area contributed by atoms with Crippen molar-refractivity contribution in [1.82, 2.24) is 0 Å². The van der Waals surface area contributed by atoms with Gasteiger partial charge in [0.15, 0.2) is 0 Å². The molecule has 2 aliphatic rings. The van der Waals surface area contributed by atoms with Gasteiger partial charge < -0.3 is 24.8 Å². The van der Waals surface area contributed by atoms with Gasteiger partial charge in [0.1, 0.15) is 0 Å². The maximum Gasteiger partial charge on any atom is -1.00 e. The monoisotopic (exact) mass is 613 g/mol. The number of allylic oxidation sites excluding steroid dienone is 4. The van der Waals surface area contributed by atoms with Crippen molar-refractivity contribution in [3.05, 3.63) is 146 Å². The fourth-order valence-corrected chi connectivity index (χ4v) is 15.2. The first-order valence-electron chi connectivity index (χ1n) is 12.8. The molecule has 6 rings (SSSR count). The molecule has 2 aliphatic carbocycles. The van der Waals surface area contributed by atoms with Crippen molar-refractivity contribution < 1.29 is 46.1 Å². The number of nitrogens with zero attached hydrogens (tertiary/aromatic N) is 1. The van der Waals surface area contributed by atoms with Crippen LogP contribution in [-0.4, -0.2) is 17.3 Å². The quantitative estimate of drug-likeness (QED) is 0.332. The third-order valence-electron chi connectivity index (χ3n) is 7.48. The zero-order valence-electron chi connectivity index (χ0n) is 22.0. The van der Waals surface area contributed by atoms with Crippen LogP contribution in [0.15, 0.2) is 124 Å². The predicted octanol–water partition coefficient (Wildman–Crippen LogP) is 1.95. The van der Waals surface area contributed by atoms with E-state index in [1.165, 1.54) is 44.6 Å². The topological polar surface area (TPSA) is 3.24 Å². The van der Waals surface area contributed by atoms with E-state index in [1.807, 2.05) is 0 Å². The first kappa shape index (κ1) is 28.5. The maximum absolute atomic E-state index is 2.59. The first-order chi connectivity index (χ1) is 17.6. The van der Waals surface area contributed by atoms with E-state index in [2.05, 4.69) is 141 Å². The number of anilines is 1. The second kappa shape index (κ2) is 12.1. The normalized spacial score (nSPS) is 14.5. The minimum atomic E-state index is -2.59. The minimum absolute atomic E-state index is 0. The molecule has 0 saturated heterocycles. The summed E-state index contributed by atoms with van der Waals surface area (Å²) in [4.78, 5) is 2.28. The molecule has 0 heterocycles. The standard InChI is InChI=1S/C15H14N.C13H10.C6H7.2ClH.Zr/c1-16(2)14-9-5-7-12-10-11-6-3-4-8-13(11)15(12)14;1-3-7-12(8-4-1)11-13-9-5-2-6-10-13;1-6-4-2-3-5-6;;;/h3-10H,1-2H3;1-10H;4-5H,2H2,1H3;2*1H;/q;;;;;+2/p-2. The van der Waals surface area contributed by atoms with Crippen molar-refractivity contribution in [3.63, 3.8) is 0 Å². The molecule has 1 unspecified atom stereocenters. The molecule has 0 spiro atoms. The van der Waals surface area contributed by atoms with Gasteiger partial charge in [-0.1, -0.05) is 0 Å². The second-order valence-electron chi connectivity index (χ2n) is 10.00. The molecule has 0 radical (unpaired) electrons. The van der Waals surface area contributed by atoms with Gasteiger partial charge in [0, 0.05) is 0 Å². The molecule has 190 valence electrons. The minimum Gasteiger partial charge on any atom is -1.00 e. The number of fused-ring (bicyclic) bond motifs is 3. The van der Waals surface area contributed by atoms with Gasteiger partial charge in [0.25, 0.3) is 0 Å². The van der Waals surface area contributed by atoms with Gasteiger partial charge in [-0.25, -0.2) is 0 Å². The Morgan fingerprint density at radius 1 is 0.711 bits per heavy atom. The predicted molar refractivity (Wildman–Crippen MR) is 151 cm³/mol. The molecule has 0 fully saturated rings. The number of hydrogen-bond donors (Lipinski definition) is 0. The average molecular weight is 616 g/mol. The average Bonchev–Trinajstić information content (AvgIpc) is 3.49. The Morgan fingerprint density at radius 3 is 1.87 bits per heavy atom. The number of benzene rings is 4. The summed E-state index contributed by atoms with van der Waals surface area (Å²) in [5.74, 6) is 0. The molecule has 4 aromatic rings. The zero-order valence-corrected chi connectivity index (χ0v) is 25.9. The molecule has 38 heavy (non-hydrogen) atoms. The summed E-state index contributed by atoms with van der Waals surface area (Å²) < 4.78 is 3.75. The summed E-state index contributed by atoms with van der Waals surface area (Å²) in [6.45, 7) is 2.26. The van der Waals surface area contributed by atoms with E-state index in [1.54, 1.807) is 6.49 Å². The Balaban J connectivity index is 0.00000168. The van der Waals surface area contributed by atoms with Crippen LogP contribution < -0.4 is 29.7 Å². The number of halogens is 2. The van der Waals surface area contributed by atoms with E-state index in [-0.39, 0.29) is 24.8 Å². The largest absolute Gasteiger partial charge is 1.00 e. The van der Waals surface area contributed by atoms with E-state index in [9.17, 15) is 0 Å². The number of hydrogen-bond acceptors (Lipinski definition) is 1. The third kappa shape index (κ3) is 5.07. The van der Waals surface area contributed by atoms with Crippen LogP contribution in [0.2, 0.25) is 0 Å². The Kier molecular flexibility index (Phi) is 9.09. The molecule has 0 aliphatic heterocycles. The molecule has 0 saturated carbocycles. The van der Waals surface area contributed by atoms with Gasteiger partial charge in [-0.3, -0.25) is 0 Å². The van der Waals surface area contributed by atoms with Crippen molar-refractivity contribution in [2.45, 2.75) is 17.0 Å². The summed E-state index contributed by atoms with van der Waals surface area (Å²) in [7, 11) is 4.34. The molecular weight excluding hydrogens is 585 g/mol. The molecule has 4 heteroatoms.